The van der Waals surface area contributed by atoms with E-state index in [1.54, 1.807) is 12.1 Å². The van der Waals surface area contributed by atoms with Gasteiger partial charge in [-0.3, -0.25) is 9.59 Å². The van der Waals surface area contributed by atoms with E-state index in [2.05, 4.69) is 45.2 Å². The number of hydrogen-bond donors (Lipinski definition) is 0. The molecule has 1 aliphatic rings. The largest absolute Gasteiger partial charge is 0.293 e. The van der Waals surface area contributed by atoms with Crippen molar-refractivity contribution in [3.05, 3.63) is 68.8 Å². The van der Waals surface area contributed by atoms with Crippen molar-refractivity contribution >= 4 is 56.7 Å². The Bertz CT molecular complexity index is 687. The molecule has 0 N–H and O–H groups in total. The summed E-state index contributed by atoms with van der Waals surface area (Å²) in [5.41, 5.74) is 0.844. The van der Waals surface area contributed by atoms with Crippen molar-refractivity contribution in [2.24, 2.45) is 0 Å². The maximum absolute atomic E-state index is 12.8. The first-order valence-corrected chi connectivity index (χ1v) is 8.72. The minimum absolute atomic E-state index is 0.0745. The van der Waals surface area contributed by atoms with Crippen molar-refractivity contribution in [3.63, 3.8) is 0 Å². The molecule has 2 nitrogen and oxygen atoms in total. The maximum atomic E-state index is 12.8. The fourth-order valence-electron chi connectivity index (χ4n) is 2.66. The molecular weight excluding hydrogens is 478 g/mol. The zero-order valence-electron chi connectivity index (χ0n) is 10.4. The monoisotopic (exact) mass is 488 g/mol. The lowest BCUT2D eigenvalue weighted by Gasteiger charge is -2.24. The van der Waals surface area contributed by atoms with Gasteiger partial charge in [-0.2, -0.15) is 0 Å². The van der Waals surface area contributed by atoms with Crippen molar-refractivity contribution in [1.29, 1.82) is 0 Å². The fraction of sp³-hybridized carbons (Fsp3) is 0.125. The topological polar surface area (TPSA) is 34.1 Å². The number of alkyl halides is 1. The molecule has 0 heterocycles. The van der Waals surface area contributed by atoms with Crippen LogP contribution in [0.2, 0.25) is 0 Å². The smallest absolute Gasteiger partial charge is 0.182 e. The van der Waals surface area contributed by atoms with Crippen molar-refractivity contribution < 1.29 is 9.59 Å². The number of hydrogen-bond acceptors (Lipinski definition) is 2. The number of Topliss-reactive ketones (excluding diaryl/α,β-unsaturated/α-hetero) is 2. The van der Waals surface area contributed by atoms with E-state index in [0.29, 0.717) is 15.6 Å². The average molecular weight is 488 g/mol. The van der Waals surface area contributed by atoms with Crippen LogP contribution in [0.4, 0.5) is 0 Å². The van der Waals surface area contributed by atoms with E-state index < -0.39 is 5.41 Å². The molecule has 0 saturated carbocycles. The molecule has 3 rings (SSSR count). The Morgan fingerprint density at radius 2 is 1.50 bits per heavy atom. The summed E-state index contributed by atoms with van der Waals surface area (Å²) in [6.45, 7) is 0. The number of fused-ring (bicyclic) bond motifs is 1. The molecule has 0 amide bonds. The third-order valence-electron chi connectivity index (χ3n) is 3.71. The van der Waals surface area contributed by atoms with E-state index in [4.69, 9.17) is 0 Å². The van der Waals surface area contributed by atoms with Gasteiger partial charge < -0.3 is 0 Å². The Morgan fingerprint density at radius 3 is 2.00 bits per heavy atom. The molecule has 0 aromatic heterocycles. The number of carbonyl (C=O) groups is 2. The van der Waals surface area contributed by atoms with E-state index in [9.17, 15) is 9.59 Å². The Labute approximate surface area is 144 Å². The Kier molecular flexibility index (Phi) is 3.70. The van der Waals surface area contributed by atoms with Crippen molar-refractivity contribution in [2.75, 3.05) is 4.43 Å². The lowest BCUT2D eigenvalue weighted by atomic mass is 9.78. The minimum Gasteiger partial charge on any atom is -0.293 e. The lowest BCUT2D eigenvalue weighted by molar-refractivity contribution is 0.0817. The first kappa shape index (κ1) is 14.2. The predicted octanol–water partition coefficient (Wildman–Crippen LogP) is 4.04. The Morgan fingerprint density at radius 1 is 0.900 bits per heavy atom. The van der Waals surface area contributed by atoms with Gasteiger partial charge in [0.1, 0.15) is 5.41 Å². The van der Waals surface area contributed by atoms with Gasteiger partial charge in [-0.1, -0.05) is 59.0 Å². The van der Waals surface area contributed by atoms with Crippen LogP contribution in [0.25, 0.3) is 0 Å². The first-order chi connectivity index (χ1) is 9.61. The van der Waals surface area contributed by atoms with Crippen LogP contribution in [0.1, 0.15) is 26.3 Å². The summed E-state index contributed by atoms with van der Waals surface area (Å²) in [4.78, 5) is 25.7. The van der Waals surface area contributed by atoms with Crippen molar-refractivity contribution in [1.82, 2.24) is 0 Å². The second-order valence-corrected chi connectivity index (χ2v) is 6.76. The molecule has 0 unspecified atom stereocenters. The molecule has 4 heteroatoms. The zero-order chi connectivity index (χ0) is 14.3. The van der Waals surface area contributed by atoms with Crippen LogP contribution in [0, 0.1) is 3.57 Å². The molecular formula is C16H10I2O2. The molecule has 0 radical (unpaired) electrons. The van der Waals surface area contributed by atoms with Crippen LogP contribution in [0.5, 0.6) is 0 Å². The SMILES string of the molecule is O=C1c2ccccc2C(=O)C1(CI)c1cccc(I)c1. The molecule has 20 heavy (non-hydrogen) atoms. The number of benzene rings is 2. The number of halogens is 2. The highest BCUT2D eigenvalue weighted by molar-refractivity contribution is 14.1. The van der Waals surface area contributed by atoms with Gasteiger partial charge in [0.05, 0.1) is 0 Å². The molecule has 0 aliphatic heterocycles. The van der Waals surface area contributed by atoms with E-state index >= 15 is 0 Å². The van der Waals surface area contributed by atoms with Crippen LogP contribution >= 0.6 is 45.2 Å². The van der Waals surface area contributed by atoms with Crippen LogP contribution < -0.4 is 0 Å². The van der Waals surface area contributed by atoms with Gasteiger partial charge in [-0.05, 0) is 40.3 Å². The highest BCUT2D eigenvalue weighted by Gasteiger charge is 2.53. The first-order valence-electron chi connectivity index (χ1n) is 6.12. The summed E-state index contributed by atoms with van der Waals surface area (Å²) < 4.78 is 1.48. The van der Waals surface area contributed by atoms with Gasteiger partial charge in [-0.15, -0.1) is 0 Å². The van der Waals surface area contributed by atoms with Gasteiger partial charge in [0, 0.05) is 19.1 Å². The minimum atomic E-state index is -1.05. The summed E-state index contributed by atoms with van der Waals surface area (Å²) in [6, 6.07) is 14.8. The molecule has 1 aliphatic carbocycles. The van der Waals surface area contributed by atoms with Crippen LogP contribution in [0.3, 0.4) is 0 Å². The van der Waals surface area contributed by atoms with E-state index in [0.717, 1.165) is 9.13 Å². The fourth-order valence-corrected chi connectivity index (χ4v) is 4.33. The summed E-state index contributed by atoms with van der Waals surface area (Å²) in [5.74, 6) is -0.149. The summed E-state index contributed by atoms with van der Waals surface area (Å²) in [7, 11) is 0. The van der Waals surface area contributed by atoms with Gasteiger partial charge in [0.25, 0.3) is 0 Å². The van der Waals surface area contributed by atoms with Gasteiger partial charge in [0.2, 0.25) is 0 Å². The lowest BCUT2D eigenvalue weighted by Crippen LogP contribution is -2.40. The van der Waals surface area contributed by atoms with E-state index in [1.807, 2.05) is 36.4 Å². The third kappa shape index (κ3) is 1.88. The molecule has 0 bridgehead atoms. The second kappa shape index (κ2) is 5.22. The Hall–Kier alpha value is -0.760. The van der Waals surface area contributed by atoms with Gasteiger partial charge in [-0.25, -0.2) is 0 Å². The number of rotatable bonds is 2. The van der Waals surface area contributed by atoms with Crippen LogP contribution in [-0.4, -0.2) is 16.0 Å². The van der Waals surface area contributed by atoms with Gasteiger partial charge in [0.15, 0.2) is 11.6 Å². The summed E-state index contributed by atoms with van der Waals surface area (Å²) in [6.07, 6.45) is 0. The van der Waals surface area contributed by atoms with Gasteiger partial charge >= 0.3 is 0 Å². The normalized spacial score (nSPS) is 16.3. The number of ketones is 2. The quantitative estimate of drug-likeness (QED) is 0.364. The summed E-state index contributed by atoms with van der Waals surface area (Å²) >= 11 is 4.35. The molecule has 2 aromatic rings. The van der Waals surface area contributed by atoms with Crippen molar-refractivity contribution in [3.8, 4) is 0 Å². The van der Waals surface area contributed by atoms with Crippen molar-refractivity contribution in [2.45, 2.75) is 5.41 Å². The summed E-state index contributed by atoms with van der Waals surface area (Å²) in [5, 5.41) is 0. The maximum Gasteiger partial charge on any atom is 0.182 e. The molecule has 100 valence electrons. The molecule has 0 saturated heterocycles. The molecule has 0 spiro atoms. The Balaban J connectivity index is 2.26. The third-order valence-corrected chi connectivity index (χ3v) is 5.52. The standard InChI is InChI=1S/C16H10I2O2/c17-9-16(10-4-3-5-11(18)8-10)14(19)12-6-1-2-7-13(12)15(16)20/h1-8H,9H2. The highest BCUT2D eigenvalue weighted by atomic mass is 127. The molecule has 0 atom stereocenters. The number of carbonyl (C=O) groups excluding carboxylic acids is 2. The van der Waals surface area contributed by atoms with E-state index in [1.165, 1.54) is 0 Å². The average Bonchev–Trinajstić information content (AvgIpc) is 2.69. The highest BCUT2D eigenvalue weighted by Crippen LogP contribution is 2.41. The zero-order valence-corrected chi connectivity index (χ0v) is 14.7. The predicted molar refractivity (Wildman–Crippen MR) is 94.8 cm³/mol. The van der Waals surface area contributed by atoms with Crippen LogP contribution in [0.15, 0.2) is 48.5 Å². The second-order valence-electron chi connectivity index (χ2n) is 4.75. The molecule has 2 aromatic carbocycles. The van der Waals surface area contributed by atoms with Crippen LogP contribution in [-0.2, 0) is 5.41 Å². The molecule has 0 fully saturated rings. The van der Waals surface area contributed by atoms with E-state index in [-0.39, 0.29) is 11.6 Å².